The van der Waals surface area contributed by atoms with Crippen LogP contribution in [0.2, 0.25) is 5.02 Å². The molecule has 0 radical (unpaired) electrons. The van der Waals surface area contributed by atoms with Gasteiger partial charge in [-0.1, -0.05) is 71.5 Å². The molecule has 246 valence electrons. The number of carbonyl (C=O) groups is 1. The van der Waals surface area contributed by atoms with Crippen LogP contribution in [0, 0.1) is 0 Å². The minimum Gasteiger partial charge on any atom is -0.493 e. The van der Waals surface area contributed by atoms with E-state index in [-0.39, 0.29) is 17.7 Å². The van der Waals surface area contributed by atoms with Gasteiger partial charge in [-0.2, -0.15) is 0 Å². The van der Waals surface area contributed by atoms with Crippen LogP contribution in [0.25, 0.3) is 16.8 Å². The molecule has 0 unspecified atom stereocenters. The number of fused-ring (bicyclic) bond motifs is 2. The van der Waals surface area contributed by atoms with Crippen LogP contribution in [-0.4, -0.2) is 38.0 Å². The fourth-order valence-corrected chi connectivity index (χ4v) is 6.91. The quantitative estimate of drug-likeness (QED) is 0.153. The van der Waals surface area contributed by atoms with Crippen molar-refractivity contribution in [3.8, 4) is 23.0 Å². The number of hydrogen-bond acceptors (Lipinski definition) is 9. The zero-order valence-corrected chi connectivity index (χ0v) is 28.4. The molecule has 0 N–H and O–H groups in total. The molecule has 11 heteroatoms. The minimum atomic E-state index is -0.811. The highest BCUT2D eigenvalue weighted by atomic mass is 35.5. The fourth-order valence-electron chi connectivity index (χ4n) is 5.67. The summed E-state index contributed by atoms with van der Waals surface area (Å²) in [6.07, 6.45) is 3.17. The first-order valence-electron chi connectivity index (χ1n) is 15.3. The number of rotatable bonds is 11. The zero-order valence-electron chi connectivity index (χ0n) is 26.8. The van der Waals surface area contributed by atoms with Gasteiger partial charge >= 0.3 is 5.97 Å². The Balaban J connectivity index is 1.38. The number of ether oxygens (including phenoxy) is 5. The van der Waals surface area contributed by atoms with Crippen LogP contribution in [0.15, 0.2) is 94.4 Å². The normalized spacial score (nSPS) is 14.1. The fraction of sp³-hybridized carbons (Fsp3) is 0.216. The molecule has 0 bridgehead atoms. The first-order valence-corrected chi connectivity index (χ1v) is 16.5. The van der Waals surface area contributed by atoms with Crippen LogP contribution in [0.3, 0.4) is 0 Å². The number of carbonyl (C=O) groups excluding carboxylic acids is 1. The lowest BCUT2D eigenvalue weighted by molar-refractivity contribution is -0.136. The van der Waals surface area contributed by atoms with Gasteiger partial charge in [0, 0.05) is 6.20 Å². The van der Waals surface area contributed by atoms with E-state index in [1.807, 2.05) is 38.1 Å². The van der Waals surface area contributed by atoms with Crippen LogP contribution in [0.4, 0.5) is 0 Å². The standard InChI is InChI=1S/C37H33ClN2O7S/c1-5-45-29-15-14-24(19-30(29)46-6-2)33-27(36(42)44-4)20-39-37-40(33)35(41)32(48-37)18-22-16-28(38)34(31(17-22)43-3)47-21-25-12-9-11-23-10-7-8-13-26(23)25/h7-20,33H,5-6,21H2,1-4H3/b32-18-/t33-/m0/s1. The second-order valence-corrected chi connectivity index (χ2v) is 12.1. The zero-order chi connectivity index (χ0) is 33.8. The molecule has 2 heterocycles. The highest BCUT2D eigenvalue weighted by Crippen LogP contribution is 2.38. The predicted molar refractivity (Wildman–Crippen MR) is 186 cm³/mol. The molecule has 1 aromatic heterocycles. The number of hydrogen-bond donors (Lipinski definition) is 0. The maximum Gasteiger partial charge on any atom is 0.337 e. The Labute approximate surface area is 285 Å². The van der Waals surface area contributed by atoms with Crippen LogP contribution in [0.5, 0.6) is 23.0 Å². The molecule has 1 aliphatic rings. The maximum absolute atomic E-state index is 14.1. The van der Waals surface area contributed by atoms with Gasteiger partial charge in [0.15, 0.2) is 27.8 Å². The topological polar surface area (TPSA) is 97.6 Å². The highest BCUT2D eigenvalue weighted by molar-refractivity contribution is 7.07. The van der Waals surface area contributed by atoms with Gasteiger partial charge in [0.25, 0.3) is 5.56 Å². The highest BCUT2D eigenvalue weighted by Gasteiger charge is 2.31. The molecule has 48 heavy (non-hydrogen) atoms. The Morgan fingerprint density at radius 3 is 2.48 bits per heavy atom. The van der Waals surface area contributed by atoms with Crippen molar-refractivity contribution in [3.05, 3.63) is 126 Å². The van der Waals surface area contributed by atoms with Crippen molar-refractivity contribution in [1.82, 2.24) is 4.57 Å². The Bertz CT molecular complexity index is 2220. The first-order chi connectivity index (χ1) is 23.4. The van der Waals surface area contributed by atoms with E-state index in [4.69, 9.17) is 35.3 Å². The third-order valence-corrected chi connectivity index (χ3v) is 9.09. The molecule has 0 aliphatic carbocycles. The monoisotopic (exact) mass is 684 g/mol. The molecule has 0 saturated heterocycles. The van der Waals surface area contributed by atoms with Crippen LogP contribution in [-0.2, 0) is 16.1 Å². The van der Waals surface area contributed by atoms with E-state index in [1.165, 1.54) is 36.3 Å². The van der Waals surface area contributed by atoms with E-state index < -0.39 is 12.0 Å². The van der Waals surface area contributed by atoms with E-state index >= 15 is 0 Å². The summed E-state index contributed by atoms with van der Waals surface area (Å²) in [7, 11) is 2.83. The van der Waals surface area contributed by atoms with Crippen molar-refractivity contribution >= 4 is 45.8 Å². The Kier molecular flexibility index (Phi) is 9.84. The van der Waals surface area contributed by atoms with Crippen molar-refractivity contribution in [1.29, 1.82) is 0 Å². The molecular formula is C37H33ClN2O7S. The molecule has 6 rings (SSSR count). The molecule has 1 atom stereocenters. The lowest BCUT2D eigenvalue weighted by Crippen LogP contribution is -2.39. The van der Waals surface area contributed by atoms with Crippen molar-refractivity contribution in [2.45, 2.75) is 26.5 Å². The molecular weight excluding hydrogens is 652 g/mol. The summed E-state index contributed by atoms with van der Waals surface area (Å²) in [6, 6.07) is 22.2. The van der Waals surface area contributed by atoms with Gasteiger partial charge in [0.2, 0.25) is 0 Å². The molecule has 4 aromatic carbocycles. The Morgan fingerprint density at radius 1 is 0.938 bits per heavy atom. The number of methoxy groups -OCH3 is 2. The molecule has 9 nitrogen and oxygen atoms in total. The summed E-state index contributed by atoms with van der Waals surface area (Å²) >= 11 is 7.94. The second kappa shape index (κ2) is 14.4. The van der Waals surface area contributed by atoms with E-state index in [2.05, 4.69) is 23.2 Å². The number of benzene rings is 4. The van der Waals surface area contributed by atoms with Gasteiger partial charge < -0.3 is 23.7 Å². The van der Waals surface area contributed by atoms with E-state index in [0.29, 0.717) is 61.7 Å². The summed E-state index contributed by atoms with van der Waals surface area (Å²) in [6.45, 7) is 4.90. The van der Waals surface area contributed by atoms with Crippen molar-refractivity contribution in [3.63, 3.8) is 0 Å². The average Bonchev–Trinajstić information content (AvgIpc) is 3.42. The number of nitrogens with zero attached hydrogens (tertiary/aromatic N) is 2. The Hall–Kier alpha value is -5.06. The van der Waals surface area contributed by atoms with Gasteiger partial charge in [0.05, 0.1) is 48.6 Å². The smallest absolute Gasteiger partial charge is 0.337 e. The number of esters is 1. The predicted octanol–water partition coefficient (Wildman–Crippen LogP) is 6.21. The van der Waals surface area contributed by atoms with Crippen molar-refractivity contribution < 1.29 is 28.5 Å². The lowest BCUT2D eigenvalue weighted by atomic mass is 9.97. The summed E-state index contributed by atoms with van der Waals surface area (Å²) in [5, 5.41) is 2.54. The van der Waals surface area contributed by atoms with Crippen LogP contribution >= 0.6 is 22.9 Å². The van der Waals surface area contributed by atoms with Gasteiger partial charge in [0.1, 0.15) is 6.61 Å². The van der Waals surface area contributed by atoms with Crippen molar-refractivity contribution in [2.24, 2.45) is 4.99 Å². The van der Waals surface area contributed by atoms with Gasteiger partial charge in [-0.05, 0) is 71.7 Å². The molecule has 5 aromatic rings. The molecule has 0 spiro atoms. The lowest BCUT2D eigenvalue weighted by Gasteiger charge is -2.23. The number of halogens is 1. The minimum absolute atomic E-state index is 0.209. The van der Waals surface area contributed by atoms with E-state index in [1.54, 1.807) is 36.4 Å². The van der Waals surface area contributed by atoms with Crippen molar-refractivity contribution in [2.75, 3.05) is 27.4 Å². The van der Waals surface area contributed by atoms with Gasteiger partial charge in [-0.3, -0.25) is 9.36 Å². The molecule has 1 aliphatic heterocycles. The SMILES string of the molecule is CCOc1ccc([C@H]2C(C(=O)OC)=CN=c3s/c(=C\c4cc(Cl)c(OCc5cccc6ccccc56)c(OC)c4)c(=O)n32)cc1OCC. The summed E-state index contributed by atoms with van der Waals surface area (Å²) in [5.41, 5.74) is 2.15. The maximum atomic E-state index is 14.1. The van der Waals surface area contributed by atoms with Crippen LogP contribution in [0.1, 0.15) is 36.6 Å². The van der Waals surface area contributed by atoms with Gasteiger partial charge in [-0.15, -0.1) is 0 Å². The second-order valence-electron chi connectivity index (χ2n) is 10.7. The summed E-state index contributed by atoms with van der Waals surface area (Å²) < 4.78 is 30.4. The average molecular weight is 685 g/mol. The largest absolute Gasteiger partial charge is 0.493 e. The first kappa shape index (κ1) is 32.9. The molecule has 0 saturated carbocycles. The summed E-state index contributed by atoms with van der Waals surface area (Å²) in [5.74, 6) is 1.29. The molecule has 0 amide bonds. The van der Waals surface area contributed by atoms with Gasteiger partial charge in [-0.25, -0.2) is 9.79 Å². The summed E-state index contributed by atoms with van der Waals surface area (Å²) in [4.78, 5) is 31.9. The number of aromatic nitrogens is 1. The number of thiazole rings is 1. The van der Waals surface area contributed by atoms with E-state index in [0.717, 1.165) is 16.3 Å². The van der Waals surface area contributed by atoms with E-state index in [9.17, 15) is 9.59 Å². The van der Waals surface area contributed by atoms with Crippen LogP contribution < -0.4 is 33.8 Å². The third kappa shape index (κ3) is 6.41. The Morgan fingerprint density at radius 2 is 1.71 bits per heavy atom. The third-order valence-electron chi connectivity index (χ3n) is 7.81. The molecule has 0 fully saturated rings.